The molecule has 5 heterocycles. The van der Waals surface area contributed by atoms with Crippen LogP contribution in [-0.4, -0.2) is 45.4 Å². The molecule has 0 spiro atoms. The molecule has 4 nitrogen and oxygen atoms in total. The molecule has 0 unspecified atom stereocenters. The molecule has 0 aliphatic carbocycles. The zero-order valence-electron chi connectivity index (χ0n) is 25.9. The summed E-state index contributed by atoms with van der Waals surface area (Å²) in [5, 5.41) is 0. The van der Waals surface area contributed by atoms with Gasteiger partial charge in [-0.2, -0.15) is 0 Å². The van der Waals surface area contributed by atoms with Gasteiger partial charge in [-0.05, 0) is 110 Å². The predicted molar refractivity (Wildman–Crippen MR) is 183 cm³/mol. The number of rotatable bonds is 8. The van der Waals surface area contributed by atoms with E-state index in [0.29, 0.717) is 0 Å². The summed E-state index contributed by atoms with van der Waals surface area (Å²) in [4.78, 5) is 14.4. The van der Waals surface area contributed by atoms with Crippen LogP contribution in [0.5, 0.6) is 0 Å². The fourth-order valence-corrected chi connectivity index (χ4v) is 7.06. The molecule has 0 amide bonds. The van der Waals surface area contributed by atoms with Gasteiger partial charge < -0.3 is 9.55 Å². The van der Waals surface area contributed by atoms with Gasteiger partial charge in [0, 0.05) is 34.2 Å². The molecular weight excluding hydrogens is 603 g/mol. The van der Waals surface area contributed by atoms with E-state index in [4.69, 9.17) is 9.97 Å². The summed E-state index contributed by atoms with van der Waals surface area (Å²) in [5.41, 5.74) is 19.3. The normalized spacial score (nSPS) is 12.8. The number of aromatic nitrogens is 4. The molecule has 0 saturated heterocycles. The van der Waals surface area contributed by atoms with Crippen LogP contribution in [0.15, 0.2) is 18.2 Å². The number of allylic oxidation sites excluding steroid dienone is 2. The molecule has 2 aliphatic heterocycles. The van der Waals surface area contributed by atoms with E-state index >= 15 is 0 Å². The molecular formula is C36H49InN4. The van der Waals surface area contributed by atoms with Gasteiger partial charge in [-0.1, -0.05) is 48.5 Å². The zero-order valence-corrected chi connectivity index (χ0v) is 25.9. The number of fused-ring (bicyclic) bond motifs is 8. The summed E-state index contributed by atoms with van der Waals surface area (Å²) in [5.74, 6) is 0. The Morgan fingerprint density at radius 1 is 0.610 bits per heavy atom. The second kappa shape index (κ2) is 13.2. The minimum atomic E-state index is 0. The fraction of sp³-hybridized carbons (Fsp3) is 0.444. The van der Waals surface area contributed by atoms with Crippen molar-refractivity contribution >= 4 is 71.2 Å². The average molecular weight is 653 g/mol. The van der Waals surface area contributed by atoms with E-state index in [9.17, 15) is 0 Å². The molecule has 2 aliphatic rings. The van der Waals surface area contributed by atoms with Gasteiger partial charge in [-0.3, -0.25) is 0 Å². The van der Waals surface area contributed by atoms with Gasteiger partial charge in [-0.25, -0.2) is 9.97 Å². The first-order chi connectivity index (χ1) is 19.5. The summed E-state index contributed by atoms with van der Waals surface area (Å²) < 4.78 is 2.55. The SMILES string of the molecule is CCC1=C(CC)c2nc1c(CC)c1[nH]c(cc3nc(cc4c(CC)c(CC)c(c2CC)n4CC)C=C3)cc1CC.[InH3]. The molecule has 216 valence electrons. The van der Waals surface area contributed by atoms with Crippen LogP contribution in [0, 0.1) is 0 Å². The molecule has 1 N–H and O–H groups in total. The van der Waals surface area contributed by atoms with Crippen LogP contribution >= 0.6 is 0 Å². The number of aromatic amines is 1. The van der Waals surface area contributed by atoms with E-state index in [-0.39, 0.29) is 25.8 Å². The van der Waals surface area contributed by atoms with Crippen molar-refractivity contribution in [1.29, 1.82) is 0 Å². The summed E-state index contributed by atoms with van der Waals surface area (Å²) in [6, 6.07) is 6.80. The Morgan fingerprint density at radius 2 is 1.20 bits per heavy atom. The molecule has 0 fully saturated rings. The van der Waals surface area contributed by atoms with Crippen LogP contribution in [0.2, 0.25) is 0 Å². The van der Waals surface area contributed by atoms with E-state index in [1.165, 1.54) is 66.9 Å². The van der Waals surface area contributed by atoms with Gasteiger partial charge in [0.05, 0.1) is 28.3 Å². The van der Waals surface area contributed by atoms with Gasteiger partial charge in [-0.15, -0.1) is 0 Å². The van der Waals surface area contributed by atoms with Gasteiger partial charge in [0.25, 0.3) is 0 Å². The van der Waals surface area contributed by atoms with Crippen molar-refractivity contribution < 1.29 is 0 Å². The third-order valence-corrected chi connectivity index (χ3v) is 8.85. The van der Waals surface area contributed by atoms with Gasteiger partial charge >= 0.3 is 25.8 Å². The fourth-order valence-electron chi connectivity index (χ4n) is 7.06. The Kier molecular flexibility index (Phi) is 10.1. The molecule has 3 aromatic rings. The Morgan fingerprint density at radius 3 is 1.73 bits per heavy atom. The molecule has 0 radical (unpaired) electrons. The van der Waals surface area contributed by atoms with E-state index in [2.05, 4.69) is 95.3 Å². The monoisotopic (exact) mass is 652 g/mol. The summed E-state index contributed by atoms with van der Waals surface area (Å²) in [6.07, 6.45) is 11.2. The quantitative estimate of drug-likeness (QED) is 0.208. The van der Waals surface area contributed by atoms with Crippen LogP contribution in [0.4, 0.5) is 0 Å². The van der Waals surface area contributed by atoms with Crippen LogP contribution in [-0.2, 0) is 38.6 Å². The van der Waals surface area contributed by atoms with E-state index in [1.54, 1.807) is 0 Å². The number of H-pyrrole nitrogens is 1. The number of nitrogens with zero attached hydrogens (tertiary/aromatic N) is 3. The van der Waals surface area contributed by atoms with Gasteiger partial charge in [0.1, 0.15) is 0 Å². The summed E-state index contributed by atoms with van der Waals surface area (Å²) in [7, 11) is 0. The minimum absolute atomic E-state index is 0. The standard InChI is InChI=1S/C36H46N4.In.3H/c1-9-22-19-25-20-23-17-18-24(37-23)21-32-26(10-2)29(13-5)36(40(32)16-8)31(15-7)35-28(12-4)27(11-3)34(39-35)30(14-6)33(22)38-25;;;;/h17-21,38H,9-16H2,1-8H3;;;;. The second-order valence-corrected chi connectivity index (χ2v) is 10.8. The third-order valence-electron chi connectivity index (χ3n) is 8.85. The van der Waals surface area contributed by atoms with E-state index in [1.807, 2.05) is 0 Å². The molecule has 5 rings (SSSR count). The van der Waals surface area contributed by atoms with Crippen LogP contribution in [0.3, 0.4) is 0 Å². The van der Waals surface area contributed by atoms with Gasteiger partial charge in [0.2, 0.25) is 0 Å². The molecule has 0 saturated carbocycles. The number of hydrogen-bond acceptors (Lipinski definition) is 2. The molecule has 0 atom stereocenters. The van der Waals surface area contributed by atoms with Crippen molar-refractivity contribution in [3.63, 3.8) is 0 Å². The first-order valence-electron chi connectivity index (χ1n) is 15.7. The Balaban J connectivity index is 0.00000387. The van der Waals surface area contributed by atoms with Crippen molar-refractivity contribution in [3.8, 4) is 0 Å². The molecule has 8 bridgehead atoms. The van der Waals surface area contributed by atoms with Crippen molar-refractivity contribution in [2.45, 2.75) is 107 Å². The van der Waals surface area contributed by atoms with Crippen molar-refractivity contribution in [1.82, 2.24) is 19.5 Å². The topological polar surface area (TPSA) is 46.5 Å². The molecule has 5 heteroatoms. The number of aryl methyl sites for hydroxylation is 6. The Labute approximate surface area is 265 Å². The molecule has 41 heavy (non-hydrogen) atoms. The first kappa shape index (κ1) is 31.4. The second-order valence-electron chi connectivity index (χ2n) is 10.8. The third kappa shape index (κ3) is 5.28. The van der Waals surface area contributed by atoms with E-state index < -0.39 is 0 Å². The zero-order chi connectivity index (χ0) is 28.6. The molecule has 0 aromatic carbocycles. The van der Waals surface area contributed by atoms with Crippen molar-refractivity contribution in [2.75, 3.05) is 0 Å². The number of hydrogen-bond donors (Lipinski definition) is 1. The van der Waals surface area contributed by atoms with Crippen LogP contribution < -0.4 is 0 Å². The van der Waals surface area contributed by atoms with E-state index in [0.717, 1.165) is 68.4 Å². The summed E-state index contributed by atoms with van der Waals surface area (Å²) in [6.45, 7) is 19.2. The Bertz CT molecular complexity index is 1680. The average Bonchev–Trinajstić information content (AvgIpc) is 3.73. The van der Waals surface area contributed by atoms with Crippen LogP contribution in [0.25, 0.3) is 45.4 Å². The summed E-state index contributed by atoms with van der Waals surface area (Å²) >= 11 is 0. The van der Waals surface area contributed by atoms with Crippen molar-refractivity contribution in [2.24, 2.45) is 0 Å². The number of nitrogens with one attached hydrogen (secondary N) is 1. The van der Waals surface area contributed by atoms with Crippen molar-refractivity contribution in [3.05, 3.63) is 68.8 Å². The maximum absolute atomic E-state index is 5.61. The Hall–Kier alpha value is -2.53. The van der Waals surface area contributed by atoms with Gasteiger partial charge in [0.15, 0.2) is 0 Å². The predicted octanol–water partition coefficient (Wildman–Crippen LogP) is 8.34. The molecule has 3 aromatic heterocycles. The maximum atomic E-state index is 5.61. The van der Waals surface area contributed by atoms with Crippen LogP contribution in [0.1, 0.15) is 119 Å². The first-order valence-corrected chi connectivity index (χ1v) is 15.7.